The van der Waals surface area contributed by atoms with Crippen LogP contribution in [0.1, 0.15) is 19.8 Å². The fraction of sp³-hybridized carbons (Fsp3) is 0.417. The molecule has 0 aromatic heterocycles. The van der Waals surface area contributed by atoms with Gasteiger partial charge in [0.15, 0.2) is 0 Å². The molecule has 1 heterocycles. The van der Waals surface area contributed by atoms with Gasteiger partial charge in [0.05, 0.1) is 6.04 Å². The van der Waals surface area contributed by atoms with Gasteiger partial charge in [-0.1, -0.05) is 0 Å². The molecular weight excluding hydrogens is 193 g/mol. The van der Waals surface area contributed by atoms with E-state index < -0.39 is 0 Å². The van der Waals surface area contributed by atoms with Crippen molar-refractivity contribution < 1.29 is 9.18 Å². The third kappa shape index (κ3) is 1.87. The van der Waals surface area contributed by atoms with Gasteiger partial charge in [-0.15, -0.1) is 0 Å². The third-order valence-corrected chi connectivity index (χ3v) is 2.99. The Labute approximate surface area is 88.7 Å². The Morgan fingerprint density at radius 3 is 2.60 bits per heavy atom. The zero-order valence-electron chi connectivity index (χ0n) is 8.69. The third-order valence-electron chi connectivity index (χ3n) is 2.99. The van der Waals surface area contributed by atoms with Crippen molar-refractivity contribution in [3.05, 3.63) is 30.1 Å². The molecule has 2 rings (SSSR count). The summed E-state index contributed by atoms with van der Waals surface area (Å²) in [6.45, 7) is 2.09. The summed E-state index contributed by atoms with van der Waals surface area (Å²) in [5.74, 6) is -0.242. The first-order valence-electron chi connectivity index (χ1n) is 5.21. The highest BCUT2D eigenvalue weighted by atomic mass is 19.1. The van der Waals surface area contributed by atoms with Crippen molar-refractivity contribution in [1.82, 2.24) is 0 Å². The van der Waals surface area contributed by atoms with Crippen LogP contribution in [0.15, 0.2) is 24.3 Å². The van der Waals surface area contributed by atoms with E-state index in [9.17, 15) is 9.18 Å². The van der Waals surface area contributed by atoms with Crippen LogP contribution in [0.25, 0.3) is 0 Å². The molecule has 1 aliphatic heterocycles. The highest BCUT2D eigenvalue weighted by Gasteiger charge is 2.30. The van der Waals surface area contributed by atoms with E-state index in [2.05, 4.69) is 11.8 Å². The quantitative estimate of drug-likeness (QED) is 0.694. The van der Waals surface area contributed by atoms with Crippen molar-refractivity contribution in [1.29, 1.82) is 0 Å². The SMILES string of the molecule is CC1CCC(C=O)N1c1ccc(F)cc1. The number of halogens is 1. The van der Waals surface area contributed by atoms with E-state index in [0.29, 0.717) is 6.04 Å². The number of benzene rings is 1. The van der Waals surface area contributed by atoms with Crippen molar-refractivity contribution in [3.63, 3.8) is 0 Å². The lowest BCUT2D eigenvalue weighted by atomic mass is 10.2. The lowest BCUT2D eigenvalue weighted by Crippen LogP contribution is -2.35. The fourth-order valence-corrected chi connectivity index (χ4v) is 2.21. The Hall–Kier alpha value is -1.38. The predicted octanol–water partition coefficient (Wildman–Crippen LogP) is 2.38. The lowest BCUT2D eigenvalue weighted by molar-refractivity contribution is -0.108. The highest BCUT2D eigenvalue weighted by molar-refractivity contribution is 5.67. The number of carbonyl (C=O) groups excluding carboxylic acids is 1. The first kappa shape index (κ1) is 10.1. The number of rotatable bonds is 2. The zero-order chi connectivity index (χ0) is 10.8. The van der Waals surface area contributed by atoms with Crippen LogP contribution in [0.3, 0.4) is 0 Å². The van der Waals surface area contributed by atoms with E-state index >= 15 is 0 Å². The Morgan fingerprint density at radius 2 is 2.00 bits per heavy atom. The second kappa shape index (κ2) is 4.01. The molecule has 0 bridgehead atoms. The summed E-state index contributed by atoms with van der Waals surface area (Å²) in [6, 6.07) is 6.63. The van der Waals surface area contributed by atoms with Crippen molar-refractivity contribution in [2.24, 2.45) is 0 Å². The minimum Gasteiger partial charge on any atom is -0.359 e. The van der Waals surface area contributed by atoms with Gasteiger partial charge >= 0.3 is 0 Å². The van der Waals surface area contributed by atoms with Crippen LogP contribution >= 0.6 is 0 Å². The Morgan fingerprint density at radius 1 is 1.33 bits per heavy atom. The zero-order valence-corrected chi connectivity index (χ0v) is 8.69. The molecule has 0 aliphatic carbocycles. The van der Waals surface area contributed by atoms with E-state index in [-0.39, 0.29) is 11.9 Å². The first-order valence-corrected chi connectivity index (χ1v) is 5.21. The molecule has 1 aromatic carbocycles. The molecule has 1 aliphatic rings. The fourth-order valence-electron chi connectivity index (χ4n) is 2.21. The van der Waals surface area contributed by atoms with Gasteiger partial charge in [-0.05, 0) is 44.0 Å². The number of hydrogen-bond acceptors (Lipinski definition) is 2. The molecule has 0 N–H and O–H groups in total. The molecule has 0 amide bonds. The predicted molar refractivity (Wildman–Crippen MR) is 57.4 cm³/mol. The van der Waals surface area contributed by atoms with Crippen LogP contribution in [-0.2, 0) is 4.79 Å². The average molecular weight is 207 g/mol. The maximum absolute atomic E-state index is 12.8. The molecule has 0 saturated carbocycles. The van der Waals surface area contributed by atoms with E-state index in [1.165, 1.54) is 12.1 Å². The van der Waals surface area contributed by atoms with E-state index in [4.69, 9.17) is 0 Å². The Kier molecular flexibility index (Phi) is 2.71. The van der Waals surface area contributed by atoms with E-state index in [0.717, 1.165) is 24.8 Å². The highest BCUT2D eigenvalue weighted by Crippen LogP contribution is 2.29. The minimum absolute atomic E-state index is 0.0505. The standard InChI is InChI=1S/C12H14FNO/c1-9-2-5-12(8-15)14(9)11-6-3-10(13)4-7-11/h3-4,6-9,12H,2,5H2,1H3. The van der Waals surface area contributed by atoms with Gasteiger partial charge in [-0.25, -0.2) is 4.39 Å². The molecular formula is C12H14FNO. The molecule has 80 valence electrons. The number of carbonyl (C=O) groups is 1. The van der Waals surface area contributed by atoms with Crippen molar-refractivity contribution in [2.45, 2.75) is 31.8 Å². The van der Waals surface area contributed by atoms with Gasteiger partial charge in [0.2, 0.25) is 0 Å². The summed E-state index contributed by atoms with van der Waals surface area (Å²) in [7, 11) is 0. The minimum atomic E-state index is -0.242. The molecule has 2 unspecified atom stereocenters. The molecule has 1 fully saturated rings. The van der Waals surface area contributed by atoms with Crippen LogP contribution in [0.4, 0.5) is 10.1 Å². The van der Waals surface area contributed by atoms with Crippen molar-refractivity contribution in [3.8, 4) is 0 Å². The smallest absolute Gasteiger partial charge is 0.142 e. The van der Waals surface area contributed by atoms with Crippen LogP contribution < -0.4 is 4.90 Å². The van der Waals surface area contributed by atoms with E-state index in [1.54, 1.807) is 12.1 Å². The molecule has 0 radical (unpaired) electrons. The largest absolute Gasteiger partial charge is 0.359 e. The monoisotopic (exact) mass is 207 g/mol. The van der Waals surface area contributed by atoms with Crippen LogP contribution in [-0.4, -0.2) is 18.4 Å². The summed E-state index contributed by atoms with van der Waals surface area (Å²) in [5.41, 5.74) is 0.929. The van der Waals surface area contributed by atoms with Gasteiger partial charge in [0.1, 0.15) is 12.1 Å². The number of hydrogen-bond donors (Lipinski definition) is 0. The number of nitrogens with zero attached hydrogens (tertiary/aromatic N) is 1. The molecule has 1 saturated heterocycles. The second-order valence-corrected chi connectivity index (χ2v) is 4.01. The summed E-state index contributed by atoms with van der Waals surface area (Å²) in [5, 5.41) is 0. The van der Waals surface area contributed by atoms with Crippen molar-refractivity contribution in [2.75, 3.05) is 4.90 Å². The lowest BCUT2D eigenvalue weighted by Gasteiger charge is -2.27. The van der Waals surface area contributed by atoms with Gasteiger partial charge in [0, 0.05) is 11.7 Å². The molecule has 2 atom stereocenters. The second-order valence-electron chi connectivity index (χ2n) is 4.01. The molecule has 0 spiro atoms. The molecule has 15 heavy (non-hydrogen) atoms. The molecule has 2 nitrogen and oxygen atoms in total. The maximum atomic E-state index is 12.8. The van der Waals surface area contributed by atoms with Gasteiger partial charge in [0.25, 0.3) is 0 Å². The number of aldehydes is 1. The summed E-state index contributed by atoms with van der Waals surface area (Å²) in [6.07, 6.45) is 2.88. The first-order chi connectivity index (χ1) is 7.22. The van der Waals surface area contributed by atoms with Crippen LogP contribution in [0.5, 0.6) is 0 Å². The van der Waals surface area contributed by atoms with Crippen molar-refractivity contribution >= 4 is 12.0 Å². The summed E-state index contributed by atoms with van der Waals surface area (Å²) in [4.78, 5) is 12.9. The Balaban J connectivity index is 2.28. The van der Waals surface area contributed by atoms with Gasteiger partial charge in [-0.2, -0.15) is 0 Å². The van der Waals surface area contributed by atoms with E-state index in [1.807, 2.05) is 0 Å². The van der Waals surface area contributed by atoms with Crippen LogP contribution in [0, 0.1) is 5.82 Å². The Bertz CT molecular complexity index is 349. The van der Waals surface area contributed by atoms with Gasteiger partial charge in [-0.3, -0.25) is 0 Å². The average Bonchev–Trinajstić information content (AvgIpc) is 2.61. The summed E-state index contributed by atoms with van der Waals surface area (Å²) >= 11 is 0. The summed E-state index contributed by atoms with van der Waals surface area (Å²) < 4.78 is 12.8. The van der Waals surface area contributed by atoms with Gasteiger partial charge < -0.3 is 9.69 Å². The van der Waals surface area contributed by atoms with Crippen LogP contribution in [0.2, 0.25) is 0 Å². The molecule has 1 aromatic rings. The topological polar surface area (TPSA) is 20.3 Å². The maximum Gasteiger partial charge on any atom is 0.142 e. The number of anilines is 1. The molecule has 3 heteroatoms. The normalized spacial score (nSPS) is 25.6.